The van der Waals surface area contributed by atoms with E-state index >= 15 is 0 Å². The molecule has 86 valence electrons. The summed E-state index contributed by atoms with van der Waals surface area (Å²) in [4.78, 5) is 10.8. The third-order valence-corrected chi connectivity index (χ3v) is 4.84. The zero-order chi connectivity index (χ0) is 10.9. The van der Waals surface area contributed by atoms with Gasteiger partial charge < -0.3 is 9.84 Å². The minimum absolute atomic E-state index is 0.130. The number of aliphatic carboxylic acids is 1. The highest BCUT2D eigenvalue weighted by atomic mass is 32.2. The number of carboxylic acids is 1. The molecule has 1 saturated heterocycles. The lowest BCUT2D eigenvalue weighted by Crippen LogP contribution is -2.49. The van der Waals surface area contributed by atoms with E-state index in [0.717, 1.165) is 12.8 Å². The van der Waals surface area contributed by atoms with Crippen LogP contribution in [0.15, 0.2) is 0 Å². The van der Waals surface area contributed by atoms with Crippen LogP contribution in [0.2, 0.25) is 0 Å². The highest BCUT2D eigenvalue weighted by molar-refractivity contribution is 8.00. The molecule has 1 unspecified atom stereocenters. The average molecular weight is 231 g/mol. The second-order valence-corrected chi connectivity index (χ2v) is 5.38. The first-order chi connectivity index (χ1) is 7.18. The van der Waals surface area contributed by atoms with E-state index < -0.39 is 12.0 Å². The van der Waals surface area contributed by atoms with Crippen LogP contribution in [-0.4, -0.2) is 41.0 Å². The number of ether oxygens (including phenoxy) is 1. The van der Waals surface area contributed by atoms with E-state index in [2.05, 4.69) is 5.32 Å². The Bertz CT molecular complexity index is 253. The molecule has 0 spiro atoms. The van der Waals surface area contributed by atoms with Gasteiger partial charge >= 0.3 is 5.97 Å². The number of hydrogen-bond donors (Lipinski definition) is 2. The first-order valence-corrected chi connectivity index (χ1v) is 6.38. The van der Waals surface area contributed by atoms with Crippen molar-refractivity contribution in [3.8, 4) is 0 Å². The third kappa shape index (κ3) is 2.00. The molecule has 0 aromatic rings. The highest BCUT2D eigenvalue weighted by Gasteiger charge is 2.46. The molecule has 2 aliphatic rings. The molecule has 1 aliphatic carbocycles. The molecule has 15 heavy (non-hydrogen) atoms. The standard InChI is InChI=1S/C10H17NO3S/c1-14-10(4-2-3-5-10)9-11-7(6-15-9)8(12)13/h7,9,11H,2-6H2,1H3,(H,12,13)/t7-,9?/m1/s1. The average Bonchev–Trinajstić information content (AvgIpc) is 2.87. The van der Waals surface area contributed by atoms with Gasteiger partial charge in [0.15, 0.2) is 0 Å². The number of rotatable bonds is 3. The van der Waals surface area contributed by atoms with Crippen molar-refractivity contribution < 1.29 is 14.6 Å². The largest absolute Gasteiger partial charge is 0.480 e. The van der Waals surface area contributed by atoms with Gasteiger partial charge in [0.25, 0.3) is 0 Å². The van der Waals surface area contributed by atoms with Gasteiger partial charge in [-0.2, -0.15) is 0 Å². The molecule has 2 N–H and O–H groups in total. The molecule has 2 atom stereocenters. The van der Waals surface area contributed by atoms with Gasteiger partial charge in [-0.25, -0.2) is 0 Å². The Hall–Kier alpha value is -0.260. The number of nitrogens with one attached hydrogen (secondary N) is 1. The summed E-state index contributed by atoms with van der Waals surface area (Å²) in [6.07, 6.45) is 4.45. The molecule has 2 rings (SSSR count). The SMILES string of the molecule is COC1(C2N[C@@H](C(=O)O)CS2)CCCC1. The Kier molecular flexibility index (Phi) is 3.23. The normalized spacial score (nSPS) is 34.5. The topological polar surface area (TPSA) is 58.6 Å². The number of thioether (sulfide) groups is 1. The Balaban J connectivity index is 2.02. The van der Waals surface area contributed by atoms with Crippen LogP contribution in [0.1, 0.15) is 25.7 Å². The Morgan fingerprint density at radius 3 is 2.67 bits per heavy atom. The van der Waals surface area contributed by atoms with Crippen LogP contribution in [0.4, 0.5) is 0 Å². The Morgan fingerprint density at radius 1 is 1.53 bits per heavy atom. The maximum absolute atomic E-state index is 10.8. The summed E-state index contributed by atoms with van der Waals surface area (Å²) < 4.78 is 5.63. The van der Waals surface area contributed by atoms with Crippen LogP contribution < -0.4 is 5.32 Å². The van der Waals surface area contributed by atoms with Crippen molar-refractivity contribution in [1.82, 2.24) is 5.32 Å². The van der Waals surface area contributed by atoms with Crippen molar-refractivity contribution in [1.29, 1.82) is 0 Å². The van der Waals surface area contributed by atoms with Crippen molar-refractivity contribution in [2.24, 2.45) is 0 Å². The van der Waals surface area contributed by atoms with Gasteiger partial charge in [0.2, 0.25) is 0 Å². The van der Waals surface area contributed by atoms with E-state index in [4.69, 9.17) is 9.84 Å². The molecule has 1 saturated carbocycles. The first kappa shape index (κ1) is 11.2. The van der Waals surface area contributed by atoms with E-state index in [1.807, 2.05) is 0 Å². The van der Waals surface area contributed by atoms with Gasteiger partial charge in [-0.3, -0.25) is 10.1 Å². The maximum atomic E-state index is 10.8. The highest BCUT2D eigenvalue weighted by Crippen LogP contribution is 2.41. The molecule has 5 heteroatoms. The quantitative estimate of drug-likeness (QED) is 0.760. The molecular formula is C10H17NO3S. The van der Waals surface area contributed by atoms with E-state index in [-0.39, 0.29) is 11.0 Å². The summed E-state index contributed by atoms with van der Waals surface area (Å²) in [6, 6.07) is -0.410. The zero-order valence-corrected chi connectivity index (χ0v) is 9.68. The predicted molar refractivity (Wildman–Crippen MR) is 59.0 cm³/mol. The van der Waals surface area contributed by atoms with Gasteiger partial charge in [0.05, 0.1) is 11.0 Å². The van der Waals surface area contributed by atoms with Gasteiger partial charge in [0, 0.05) is 12.9 Å². The second-order valence-electron chi connectivity index (χ2n) is 4.25. The molecule has 0 amide bonds. The van der Waals surface area contributed by atoms with E-state index in [0.29, 0.717) is 5.75 Å². The fraction of sp³-hybridized carbons (Fsp3) is 0.900. The van der Waals surface area contributed by atoms with Crippen LogP contribution in [0.5, 0.6) is 0 Å². The van der Waals surface area contributed by atoms with E-state index in [1.165, 1.54) is 12.8 Å². The van der Waals surface area contributed by atoms with Crippen LogP contribution >= 0.6 is 11.8 Å². The molecular weight excluding hydrogens is 214 g/mol. The predicted octanol–water partition coefficient (Wildman–Crippen LogP) is 1.06. The van der Waals surface area contributed by atoms with Crippen LogP contribution in [0.25, 0.3) is 0 Å². The summed E-state index contributed by atoms with van der Waals surface area (Å²) in [7, 11) is 1.74. The molecule has 0 bridgehead atoms. The van der Waals surface area contributed by atoms with Gasteiger partial charge in [-0.05, 0) is 12.8 Å². The number of carboxylic acid groups (broad SMARTS) is 1. The summed E-state index contributed by atoms with van der Waals surface area (Å²) in [5, 5.41) is 12.2. The lowest BCUT2D eigenvalue weighted by molar-refractivity contribution is -0.139. The Morgan fingerprint density at radius 2 is 2.20 bits per heavy atom. The maximum Gasteiger partial charge on any atom is 0.321 e. The minimum Gasteiger partial charge on any atom is -0.480 e. The van der Waals surface area contributed by atoms with Crippen molar-refractivity contribution in [2.75, 3.05) is 12.9 Å². The Labute approximate surface area is 93.8 Å². The molecule has 1 aliphatic heterocycles. The van der Waals surface area contributed by atoms with Crippen LogP contribution in [0.3, 0.4) is 0 Å². The lowest BCUT2D eigenvalue weighted by Gasteiger charge is -2.33. The summed E-state index contributed by atoms with van der Waals surface area (Å²) in [5.74, 6) is -0.111. The van der Waals surface area contributed by atoms with E-state index in [1.54, 1.807) is 18.9 Å². The summed E-state index contributed by atoms with van der Waals surface area (Å²) in [6.45, 7) is 0. The van der Waals surface area contributed by atoms with Crippen molar-refractivity contribution in [3.63, 3.8) is 0 Å². The molecule has 0 aromatic carbocycles. The van der Waals surface area contributed by atoms with Crippen LogP contribution in [-0.2, 0) is 9.53 Å². The minimum atomic E-state index is -0.755. The van der Waals surface area contributed by atoms with Crippen LogP contribution in [0, 0.1) is 0 Å². The zero-order valence-electron chi connectivity index (χ0n) is 8.86. The lowest BCUT2D eigenvalue weighted by atomic mass is 10.0. The molecule has 0 radical (unpaired) electrons. The third-order valence-electron chi connectivity index (χ3n) is 3.41. The summed E-state index contributed by atoms with van der Waals surface area (Å²) in [5.41, 5.74) is -0.130. The number of methoxy groups -OCH3 is 1. The fourth-order valence-electron chi connectivity index (χ4n) is 2.46. The smallest absolute Gasteiger partial charge is 0.321 e. The molecule has 2 fully saturated rings. The monoisotopic (exact) mass is 231 g/mol. The molecule has 4 nitrogen and oxygen atoms in total. The van der Waals surface area contributed by atoms with Crippen molar-refractivity contribution in [3.05, 3.63) is 0 Å². The fourth-order valence-corrected chi connectivity index (χ4v) is 3.98. The summed E-state index contributed by atoms with van der Waals surface area (Å²) >= 11 is 1.68. The van der Waals surface area contributed by atoms with Crippen molar-refractivity contribution in [2.45, 2.75) is 42.7 Å². The van der Waals surface area contributed by atoms with Gasteiger partial charge in [0.1, 0.15) is 6.04 Å². The van der Waals surface area contributed by atoms with Gasteiger partial charge in [-0.15, -0.1) is 11.8 Å². The van der Waals surface area contributed by atoms with E-state index in [9.17, 15) is 4.79 Å². The molecule has 0 aromatic heterocycles. The number of carbonyl (C=O) groups is 1. The molecule has 1 heterocycles. The van der Waals surface area contributed by atoms with Gasteiger partial charge in [-0.1, -0.05) is 12.8 Å². The number of hydrogen-bond acceptors (Lipinski definition) is 4. The van der Waals surface area contributed by atoms with Crippen molar-refractivity contribution >= 4 is 17.7 Å². The second kappa shape index (κ2) is 4.31. The first-order valence-electron chi connectivity index (χ1n) is 5.33.